The molecule has 0 aliphatic heterocycles. The number of pyridine rings is 3. The molecule has 0 amide bonds. The second-order valence-corrected chi connectivity index (χ2v) is 11.3. The molecule has 5 nitrogen and oxygen atoms in total. The van der Waals surface area contributed by atoms with Crippen molar-refractivity contribution in [1.29, 1.82) is 0 Å². The van der Waals surface area contributed by atoms with Gasteiger partial charge in [0.2, 0.25) is 0 Å². The lowest BCUT2D eigenvalue weighted by atomic mass is 9.91. The van der Waals surface area contributed by atoms with Crippen molar-refractivity contribution >= 4 is 53.8 Å². The monoisotopic (exact) mass is 627 g/mol. The standard InChI is InChI=1S/C10H13NO2.C9H12BrN.C5H3Br2N/c1-10(2,3)8-6-4-5-7(11-8)9(12)13;1-9(2,3)7-5-4-6-8(10)11-7;6-4-2-1-3-5(7)8-4/h4-6H,1-3H3,(H,12,13);4-6H,1-3H3;1-3H. The quantitative estimate of drug-likeness (QED) is 0.278. The first-order valence-corrected chi connectivity index (χ1v) is 12.2. The Morgan fingerprint density at radius 1 is 0.656 bits per heavy atom. The summed E-state index contributed by atoms with van der Waals surface area (Å²) in [4.78, 5) is 23.0. The van der Waals surface area contributed by atoms with Crippen LogP contribution in [0.4, 0.5) is 0 Å². The molecule has 0 aliphatic rings. The molecule has 0 bridgehead atoms. The number of carboxylic acids is 1. The average Bonchev–Trinajstić information content (AvgIpc) is 2.67. The van der Waals surface area contributed by atoms with E-state index in [1.807, 2.05) is 63.2 Å². The van der Waals surface area contributed by atoms with Gasteiger partial charge < -0.3 is 5.11 Å². The van der Waals surface area contributed by atoms with Gasteiger partial charge in [-0.2, -0.15) is 0 Å². The van der Waals surface area contributed by atoms with Crippen LogP contribution in [0.15, 0.2) is 68.4 Å². The molecule has 1 N–H and O–H groups in total. The van der Waals surface area contributed by atoms with Crippen LogP contribution in [0.5, 0.6) is 0 Å². The van der Waals surface area contributed by atoms with Gasteiger partial charge in [-0.3, -0.25) is 0 Å². The topological polar surface area (TPSA) is 76.0 Å². The van der Waals surface area contributed by atoms with Crippen LogP contribution >= 0.6 is 47.8 Å². The largest absolute Gasteiger partial charge is 0.477 e. The van der Waals surface area contributed by atoms with Gasteiger partial charge in [-0.15, -0.1) is 0 Å². The highest BCUT2D eigenvalue weighted by Crippen LogP contribution is 2.21. The molecule has 0 saturated heterocycles. The lowest BCUT2D eigenvalue weighted by Gasteiger charge is -2.17. The Balaban J connectivity index is 0.000000247. The number of hydrogen-bond donors (Lipinski definition) is 1. The Morgan fingerprint density at radius 3 is 1.34 bits per heavy atom. The second-order valence-electron chi connectivity index (χ2n) is 8.84. The fraction of sp³-hybridized carbons (Fsp3) is 0.333. The Kier molecular flexibility index (Phi) is 11.1. The molecular weight excluding hydrogens is 602 g/mol. The summed E-state index contributed by atoms with van der Waals surface area (Å²) in [5, 5.41) is 8.71. The van der Waals surface area contributed by atoms with Crippen LogP contribution in [0.1, 0.15) is 63.4 Å². The number of aromatic carboxylic acids is 1. The van der Waals surface area contributed by atoms with Crippen molar-refractivity contribution in [3.63, 3.8) is 0 Å². The second kappa shape index (κ2) is 12.6. The maximum Gasteiger partial charge on any atom is 0.354 e. The van der Waals surface area contributed by atoms with E-state index in [-0.39, 0.29) is 16.5 Å². The molecule has 32 heavy (non-hydrogen) atoms. The van der Waals surface area contributed by atoms with Crippen molar-refractivity contribution in [3.8, 4) is 0 Å². The lowest BCUT2D eigenvalue weighted by molar-refractivity contribution is 0.0690. The van der Waals surface area contributed by atoms with Gasteiger partial charge in [0.1, 0.15) is 19.5 Å². The first-order chi connectivity index (χ1) is 14.7. The number of aromatic nitrogens is 3. The highest BCUT2D eigenvalue weighted by atomic mass is 79.9. The zero-order valence-electron chi connectivity index (χ0n) is 19.0. The third-order valence-electron chi connectivity index (χ3n) is 3.90. The van der Waals surface area contributed by atoms with E-state index in [2.05, 4.69) is 83.5 Å². The molecule has 0 radical (unpaired) electrons. The minimum absolute atomic E-state index is 0.104. The van der Waals surface area contributed by atoms with E-state index in [0.717, 1.165) is 25.2 Å². The summed E-state index contributed by atoms with van der Waals surface area (Å²) in [6, 6.07) is 16.7. The zero-order chi connectivity index (χ0) is 24.5. The van der Waals surface area contributed by atoms with Crippen molar-refractivity contribution in [2.45, 2.75) is 52.4 Å². The fourth-order valence-corrected chi connectivity index (χ4v) is 3.45. The highest BCUT2D eigenvalue weighted by molar-refractivity contribution is 9.11. The zero-order valence-corrected chi connectivity index (χ0v) is 23.8. The van der Waals surface area contributed by atoms with Gasteiger partial charge in [0.15, 0.2) is 0 Å². The van der Waals surface area contributed by atoms with Crippen molar-refractivity contribution in [2.24, 2.45) is 0 Å². The number of hydrogen-bond acceptors (Lipinski definition) is 4. The summed E-state index contributed by atoms with van der Waals surface area (Å²) in [5.41, 5.74) is 2.06. The molecule has 3 heterocycles. The minimum atomic E-state index is -0.980. The van der Waals surface area contributed by atoms with E-state index in [4.69, 9.17) is 5.11 Å². The molecule has 3 aromatic rings. The molecule has 8 heteroatoms. The maximum atomic E-state index is 10.6. The van der Waals surface area contributed by atoms with Crippen LogP contribution in [-0.4, -0.2) is 26.0 Å². The van der Waals surface area contributed by atoms with Crippen molar-refractivity contribution in [2.75, 3.05) is 0 Å². The number of halogens is 3. The van der Waals surface area contributed by atoms with Gasteiger partial charge in [-0.25, -0.2) is 19.7 Å². The Labute approximate surface area is 215 Å². The third-order valence-corrected chi connectivity index (χ3v) is 5.23. The smallest absolute Gasteiger partial charge is 0.354 e. The van der Waals surface area contributed by atoms with E-state index >= 15 is 0 Å². The number of carboxylic acid groups (broad SMARTS) is 1. The fourth-order valence-electron chi connectivity index (χ4n) is 2.18. The Bertz CT molecular complexity index is 1010. The first-order valence-electron chi connectivity index (χ1n) is 9.82. The molecule has 172 valence electrons. The van der Waals surface area contributed by atoms with Gasteiger partial charge >= 0.3 is 5.97 Å². The molecule has 0 unspecified atom stereocenters. The number of nitrogens with zero attached hydrogens (tertiary/aromatic N) is 3. The molecule has 0 aliphatic carbocycles. The molecule has 3 aromatic heterocycles. The molecular formula is C24H28Br3N3O2. The summed E-state index contributed by atoms with van der Waals surface area (Å²) in [6.07, 6.45) is 0. The average molecular weight is 630 g/mol. The summed E-state index contributed by atoms with van der Waals surface area (Å²) in [5.74, 6) is -0.980. The van der Waals surface area contributed by atoms with Gasteiger partial charge in [0.25, 0.3) is 0 Å². The van der Waals surface area contributed by atoms with E-state index < -0.39 is 5.97 Å². The molecule has 0 aromatic carbocycles. The van der Waals surface area contributed by atoms with Crippen molar-refractivity contribution in [1.82, 2.24) is 15.0 Å². The number of rotatable bonds is 1. The van der Waals surface area contributed by atoms with Gasteiger partial charge in [0.05, 0.1) is 0 Å². The highest BCUT2D eigenvalue weighted by Gasteiger charge is 2.17. The molecule has 0 fully saturated rings. The van der Waals surface area contributed by atoms with Crippen LogP contribution in [-0.2, 0) is 10.8 Å². The number of carbonyl (C=O) groups is 1. The first kappa shape index (κ1) is 28.4. The predicted molar refractivity (Wildman–Crippen MR) is 140 cm³/mol. The van der Waals surface area contributed by atoms with Gasteiger partial charge in [-0.1, -0.05) is 59.7 Å². The summed E-state index contributed by atoms with van der Waals surface area (Å²) in [7, 11) is 0. The van der Waals surface area contributed by atoms with Crippen LogP contribution < -0.4 is 0 Å². The predicted octanol–water partition coefficient (Wildman–Crippen LogP) is 7.83. The summed E-state index contributed by atoms with van der Waals surface area (Å²) < 4.78 is 2.61. The third kappa shape index (κ3) is 10.8. The summed E-state index contributed by atoms with van der Waals surface area (Å²) >= 11 is 9.79. The molecule has 3 rings (SSSR count). The Hall–Kier alpha value is -1.64. The molecule has 0 saturated carbocycles. The van der Waals surface area contributed by atoms with Gasteiger partial charge in [0, 0.05) is 22.2 Å². The maximum absolute atomic E-state index is 10.6. The van der Waals surface area contributed by atoms with E-state index in [1.165, 1.54) is 6.07 Å². The van der Waals surface area contributed by atoms with E-state index in [1.54, 1.807) is 6.07 Å². The molecule has 0 atom stereocenters. The van der Waals surface area contributed by atoms with Crippen molar-refractivity contribution < 1.29 is 9.90 Å². The van der Waals surface area contributed by atoms with Gasteiger partial charge in [-0.05, 0) is 84.2 Å². The Morgan fingerprint density at radius 2 is 1.03 bits per heavy atom. The SMILES string of the molecule is Brc1cccc(Br)n1.CC(C)(C)c1cccc(Br)n1.CC(C)(C)c1cccc(C(=O)O)n1. The molecule has 0 spiro atoms. The van der Waals surface area contributed by atoms with Crippen LogP contribution in [0.25, 0.3) is 0 Å². The van der Waals surface area contributed by atoms with Crippen molar-refractivity contribution in [3.05, 3.63) is 85.5 Å². The summed E-state index contributed by atoms with van der Waals surface area (Å²) in [6.45, 7) is 12.5. The van der Waals surface area contributed by atoms with Crippen LogP contribution in [0, 0.1) is 0 Å². The van der Waals surface area contributed by atoms with Crippen LogP contribution in [0.3, 0.4) is 0 Å². The normalized spacial score (nSPS) is 10.9. The van der Waals surface area contributed by atoms with E-state index in [9.17, 15) is 4.79 Å². The van der Waals surface area contributed by atoms with Crippen LogP contribution in [0.2, 0.25) is 0 Å². The minimum Gasteiger partial charge on any atom is -0.477 e. The lowest BCUT2D eigenvalue weighted by Crippen LogP contribution is -2.15. The van der Waals surface area contributed by atoms with E-state index in [0.29, 0.717) is 0 Å².